The highest BCUT2D eigenvalue weighted by atomic mass is 32.2. The Labute approximate surface area is 105 Å². The quantitative estimate of drug-likeness (QED) is 0.842. The number of halogens is 3. The third-order valence-corrected chi connectivity index (χ3v) is 5.48. The highest BCUT2D eigenvalue weighted by Crippen LogP contribution is 2.21. The van der Waals surface area contributed by atoms with Crippen molar-refractivity contribution in [2.45, 2.75) is 43.0 Å². The van der Waals surface area contributed by atoms with Crippen molar-refractivity contribution >= 4 is 9.84 Å². The molecule has 1 aliphatic heterocycles. The molecule has 0 spiro atoms. The summed E-state index contributed by atoms with van der Waals surface area (Å²) in [5.74, 6) is 0. The molecule has 1 fully saturated rings. The highest BCUT2D eigenvalue weighted by molar-refractivity contribution is 7.92. The molecule has 0 saturated carbocycles. The zero-order valence-electron chi connectivity index (χ0n) is 10.3. The molecule has 8 heteroatoms. The molecule has 18 heavy (non-hydrogen) atoms. The van der Waals surface area contributed by atoms with Gasteiger partial charge in [0.15, 0.2) is 9.84 Å². The summed E-state index contributed by atoms with van der Waals surface area (Å²) in [4.78, 5) is 0. The zero-order chi connectivity index (χ0) is 14.0. The van der Waals surface area contributed by atoms with Crippen LogP contribution in [-0.2, 0) is 14.6 Å². The van der Waals surface area contributed by atoms with E-state index < -0.39 is 39.2 Å². The van der Waals surface area contributed by atoms with Gasteiger partial charge in [0, 0.05) is 13.1 Å². The first-order valence-corrected chi connectivity index (χ1v) is 7.35. The van der Waals surface area contributed by atoms with Crippen LogP contribution in [0, 0.1) is 0 Å². The van der Waals surface area contributed by atoms with E-state index in [4.69, 9.17) is 4.74 Å². The number of ether oxygens (including phenoxy) is 1. The monoisotopic (exact) mass is 289 g/mol. The number of hydrogen-bond donors (Lipinski definition) is 1. The molecule has 0 aromatic rings. The molecule has 1 N–H and O–H groups in total. The van der Waals surface area contributed by atoms with Gasteiger partial charge in [-0.3, -0.25) is 0 Å². The number of sulfone groups is 1. The van der Waals surface area contributed by atoms with Crippen LogP contribution < -0.4 is 5.32 Å². The van der Waals surface area contributed by atoms with Gasteiger partial charge in [-0.05, 0) is 20.3 Å². The van der Waals surface area contributed by atoms with E-state index in [0.29, 0.717) is 0 Å². The van der Waals surface area contributed by atoms with Gasteiger partial charge in [-0.1, -0.05) is 0 Å². The Morgan fingerprint density at radius 2 is 1.94 bits per heavy atom. The van der Waals surface area contributed by atoms with Crippen LogP contribution in [0.4, 0.5) is 13.2 Å². The minimum Gasteiger partial charge on any atom is -0.367 e. The average molecular weight is 289 g/mol. The van der Waals surface area contributed by atoms with Crippen LogP contribution in [-0.4, -0.2) is 50.9 Å². The highest BCUT2D eigenvalue weighted by Gasteiger charge is 2.36. The first-order valence-electron chi connectivity index (χ1n) is 5.74. The smallest absolute Gasteiger partial charge is 0.367 e. The zero-order valence-corrected chi connectivity index (χ0v) is 11.1. The lowest BCUT2D eigenvalue weighted by molar-refractivity contribution is -0.186. The summed E-state index contributed by atoms with van der Waals surface area (Å²) < 4.78 is 64.5. The molecule has 1 saturated heterocycles. The van der Waals surface area contributed by atoms with Crippen molar-refractivity contribution < 1.29 is 26.3 Å². The van der Waals surface area contributed by atoms with Gasteiger partial charge in [0.25, 0.3) is 0 Å². The van der Waals surface area contributed by atoms with Crippen LogP contribution in [0.25, 0.3) is 0 Å². The van der Waals surface area contributed by atoms with Gasteiger partial charge >= 0.3 is 6.18 Å². The molecule has 0 bridgehead atoms. The Morgan fingerprint density at radius 3 is 2.44 bits per heavy atom. The Hall–Kier alpha value is -0.340. The second kappa shape index (κ2) is 5.75. The summed E-state index contributed by atoms with van der Waals surface area (Å²) in [6, 6.07) is 0. The molecular formula is C10H18F3NO3S. The van der Waals surface area contributed by atoms with Gasteiger partial charge < -0.3 is 10.1 Å². The van der Waals surface area contributed by atoms with E-state index in [1.165, 1.54) is 0 Å². The number of nitrogens with one attached hydrogen (secondary N) is 1. The van der Waals surface area contributed by atoms with Crippen molar-refractivity contribution in [3.8, 4) is 0 Å². The Kier molecular flexibility index (Phi) is 5.02. The van der Waals surface area contributed by atoms with Crippen molar-refractivity contribution in [3.63, 3.8) is 0 Å². The molecule has 0 aromatic carbocycles. The minimum atomic E-state index is -4.39. The van der Waals surface area contributed by atoms with Gasteiger partial charge in [0.05, 0.1) is 16.6 Å². The molecule has 0 aliphatic carbocycles. The van der Waals surface area contributed by atoms with E-state index in [0.717, 1.165) is 0 Å². The van der Waals surface area contributed by atoms with Gasteiger partial charge in [-0.25, -0.2) is 8.42 Å². The van der Waals surface area contributed by atoms with Gasteiger partial charge in [0.2, 0.25) is 0 Å². The lowest BCUT2D eigenvalue weighted by Crippen LogP contribution is -2.49. The summed E-state index contributed by atoms with van der Waals surface area (Å²) >= 11 is 0. The van der Waals surface area contributed by atoms with Crippen LogP contribution >= 0.6 is 0 Å². The Bertz CT molecular complexity index is 367. The normalized spacial score (nSPS) is 26.6. The topological polar surface area (TPSA) is 55.4 Å². The first kappa shape index (κ1) is 15.7. The van der Waals surface area contributed by atoms with Crippen molar-refractivity contribution in [2.75, 3.05) is 19.7 Å². The maximum absolute atomic E-state index is 12.0. The Balaban J connectivity index is 2.57. The second-order valence-corrected chi connectivity index (χ2v) is 7.49. The first-order chi connectivity index (χ1) is 8.13. The second-order valence-electron chi connectivity index (χ2n) is 4.70. The predicted octanol–water partition coefficient (Wildman–Crippen LogP) is 1.12. The molecule has 1 heterocycles. The lowest BCUT2D eigenvalue weighted by atomic mass is 10.1. The molecule has 0 amide bonds. The summed E-state index contributed by atoms with van der Waals surface area (Å²) in [6.07, 6.45) is -4.98. The molecule has 1 aliphatic rings. The molecule has 2 unspecified atom stereocenters. The maximum Gasteiger partial charge on any atom is 0.411 e. The van der Waals surface area contributed by atoms with E-state index in [-0.39, 0.29) is 19.5 Å². The molecule has 2 atom stereocenters. The van der Waals surface area contributed by atoms with Crippen LogP contribution in [0.15, 0.2) is 0 Å². The number of hydrogen-bond acceptors (Lipinski definition) is 4. The average Bonchev–Trinajstić information content (AvgIpc) is 2.25. The van der Waals surface area contributed by atoms with E-state index in [9.17, 15) is 21.6 Å². The SMILES string of the molecule is CC(C)S(=O)(=O)C1CNCC(OCC(F)(F)F)C1. The molecule has 108 valence electrons. The van der Waals surface area contributed by atoms with Gasteiger partial charge in [-0.15, -0.1) is 0 Å². The summed E-state index contributed by atoms with van der Waals surface area (Å²) in [5, 5.41) is 1.60. The van der Waals surface area contributed by atoms with Crippen molar-refractivity contribution in [2.24, 2.45) is 0 Å². The fourth-order valence-corrected chi connectivity index (χ4v) is 3.44. The molecular weight excluding hydrogens is 271 g/mol. The van der Waals surface area contributed by atoms with Crippen molar-refractivity contribution in [1.29, 1.82) is 0 Å². The minimum absolute atomic E-state index is 0.115. The van der Waals surface area contributed by atoms with Crippen LogP contribution in [0.2, 0.25) is 0 Å². The van der Waals surface area contributed by atoms with E-state index in [1.54, 1.807) is 13.8 Å². The fraction of sp³-hybridized carbons (Fsp3) is 1.00. The maximum atomic E-state index is 12.0. The standard InChI is InChI=1S/C10H18F3NO3S/c1-7(2)18(15,16)9-3-8(4-14-5-9)17-6-10(11,12)13/h7-9,14H,3-6H2,1-2H3. The third kappa shape index (κ3) is 4.40. The number of piperidine rings is 1. The largest absolute Gasteiger partial charge is 0.411 e. The summed E-state index contributed by atoms with van der Waals surface area (Å²) in [5.41, 5.74) is 0. The van der Waals surface area contributed by atoms with Crippen molar-refractivity contribution in [1.82, 2.24) is 5.32 Å². The van der Waals surface area contributed by atoms with Gasteiger partial charge in [-0.2, -0.15) is 13.2 Å². The predicted molar refractivity (Wildman–Crippen MR) is 61.1 cm³/mol. The molecule has 0 radical (unpaired) electrons. The van der Waals surface area contributed by atoms with Crippen LogP contribution in [0.3, 0.4) is 0 Å². The molecule has 4 nitrogen and oxygen atoms in total. The van der Waals surface area contributed by atoms with Crippen molar-refractivity contribution in [3.05, 3.63) is 0 Å². The fourth-order valence-electron chi connectivity index (χ4n) is 1.84. The lowest BCUT2D eigenvalue weighted by Gasteiger charge is -2.31. The Morgan fingerprint density at radius 1 is 1.33 bits per heavy atom. The van der Waals surface area contributed by atoms with Crippen LogP contribution in [0.5, 0.6) is 0 Å². The summed E-state index contributed by atoms with van der Waals surface area (Å²) in [7, 11) is -3.31. The van der Waals surface area contributed by atoms with E-state index >= 15 is 0 Å². The van der Waals surface area contributed by atoms with Crippen LogP contribution in [0.1, 0.15) is 20.3 Å². The van der Waals surface area contributed by atoms with E-state index in [2.05, 4.69) is 5.32 Å². The molecule has 1 rings (SSSR count). The number of rotatable bonds is 4. The third-order valence-electron chi connectivity index (χ3n) is 2.87. The summed E-state index contributed by atoms with van der Waals surface area (Å²) in [6.45, 7) is 2.31. The van der Waals surface area contributed by atoms with Gasteiger partial charge in [0.1, 0.15) is 6.61 Å². The number of alkyl halides is 3. The molecule has 0 aromatic heterocycles. The van der Waals surface area contributed by atoms with E-state index in [1.807, 2.05) is 0 Å².